The van der Waals surface area contributed by atoms with Gasteiger partial charge in [0.05, 0.1) is 11.5 Å². The molecule has 0 N–H and O–H groups in total. The number of hydrogen-bond acceptors (Lipinski definition) is 1. The molecule has 2 aromatic carbocycles. The van der Waals surface area contributed by atoms with E-state index in [1.54, 1.807) is 0 Å². The van der Waals surface area contributed by atoms with Crippen molar-refractivity contribution >= 4 is 10.8 Å². The van der Waals surface area contributed by atoms with Gasteiger partial charge in [-0.05, 0) is 41.2 Å². The average Bonchev–Trinajstić information content (AvgIpc) is 2.92. The summed E-state index contributed by atoms with van der Waals surface area (Å²) < 4.78 is 0. The number of nitrogens with zero attached hydrogens (tertiary/aromatic N) is 1. The lowest BCUT2D eigenvalue weighted by atomic mass is 9.88. The van der Waals surface area contributed by atoms with Gasteiger partial charge in [0.2, 0.25) is 0 Å². The van der Waals surface area contributed by atoms with Crippen LogP contribution in [0.2, 0.25) is 0 Å². The van der Waals surface area contributed by atoms with Crippen LogP contribution in [-0.2, 0) is 5.41 Å². The molecule has 1 atom stereocenters. The van der Waals surface area contributed by atoms with Crippen molar-refractivity contribution in [2.45, 2.75) is 32.6 Å². The summed E-state index contributed by atoms with van der Waals surface area (Å²) in [5, 5.41) is 12.0. The molecule has 0 bridgehead atoms. The van der Waals surface area contributed by atoms with Crippen LogP contribution in [0.1, 0.15) is 31.4 Å². The summed E-state index contributed by atoms with van der Waals surface area (Å²) in [6.45, 7) is 6.46. The molecule has 0 spiro atoms. The first-order valence-corrected chi connectivity index (χ1v) is 6.41. The molecular formula is C17H17N. The summed E-state index contributed by atoms with van der Waals surface area (Å²) in [6, 6.07) is 15.5. The van der Waals surface area contributed by atoms with Gasteiger partial charge in [-0.1, -0.05) is 49.7 Å². The maximum Gasteiger partial charge on any atom is 0.0879 e. The molecule has 2 aromatic rings. The van der Waals surface area contributed by atoms with Gasteiger partial charge in [0.1, 0.15) is 0 Å². The Kier molecular flexibility index (Phi) is 2.10. The predicted octanol–water partition coefficient (Wildman–Crippen LogP) is 4.34. The third-order valence-corrected chi connectivity index (χ3v) is 4.42. The van der Waals surface area contributed by atoms with Gasteiger partial charge in [-0.3, -0.25) is 0 Å². The Labute approximate surface area is 108 Å². The summed E-state index contributed by atoms with van der Waals surface area (Å²) >= 11 is 0. The van der Waals surface area contributed by atoms with E-state index in [1.807, 2.05) is 0 Å². The zero-order valence-corrected chi connectivity index (χ0v) is 11.1. The summed E-state index contributed by atoms with van der Waals surface area (Å²) in [6.07, 6.45) is 0.966. The predicted molar refractivity (Wildman–Crippen MR) is 74.4 cm³/mol. The molecular weight excluding hydrogens is 218 g/mol. The Morgan fingerprint density at radius 3 is 2.28 bits per heavy atom. The standard InChI is InChI=1S/C17H17N/c1-12-4-5-14-9-15(7-6-13(14)8-12)17(11-18)10-16(17,2)3/h4-9H,10H2,1-3H3. The molecule has 1 aliphatic carbocycles. The van der Waals surface area contributed by atoms with Gasteiger partial charge in [-0.2, -0.15) is 5.26 Å². The molecule has 1 nitrogen and oxygen atoms in total. The molecule has 0 heterocycles. The maximum absolute atomic E-state index is 9.51. The van der Waals surface area contributed by atoms with Crippen LogP contribution in [0, 0.1) is 23.7 Å². The van der Waals surface area contributed by atoms with E-state index >= 15 is 0 Å². The van der Waals surface area contributed by atoms with Crippen LogP contribution in [0.5, 0.6) is 0 Å². The van der Waals surface area contributed by atoms with Crippen LogP contribution >= 0.6 is 0 Å². The number of nitriles is 1. The van der Waals surface area contributed by atoms with E-state index in [2.05, 4.69) is 63.2 Å². The fourth-order valence-corrected chi connectivity index (χ4v) is 3.00. The Hall–Kier alpha value is -1.81. The number of hydrogen-bond donors (Lipinski definition) is 0. The first kappa shape index (κ1) is 11.3. The molecule has 90 valence electrons. The lowest BCUT2D eigenvalue weighted by molar-refractivity contribution is 0.570. The lowest BCUT2D eigenvalue weighted by Crippen LogP contribution is -2.11. The third-order valence-electron chi connectivity index (χ3n) is 4.42. The Morgan fingerprint density at radius 2 is 1.67 bits per heavy atom. The maximum atomic E-state index is 9.51. The van der Waals surface area contributed by atoms with Crippen molar-refractivity contribution < 1.29 is 0 Å². The molecule has 1 fully saturated rings. The Morgan fingerprint density at radius 1 is 1.06 bits per heavy atom. The summed E-state index contributed by atoms with van der Waals surface area (Å²) in [5.74, 6) is 0. The van der Waals surface area contributed by atoms with Crippen LogP contribution in [0.25, 0.3) is 10.8 Å². The summed E-state index contributed by atoms with van der Waals surface area (Å²) in [4.78, 5) is 0. The molecule has 0 saturated heterocycles. The second-order valence-corrected chi connectivity index (χ2v) is 6.14. The molecule has 0 radical (unpaired) electrons. The SMILES string of the molecule is Cc1ccc2cc(C3(C#N)CC3(C)C)ccc2c1. The van der Waals surface area contributed by atoms with Crippen LogP contribution in [0.15, 0.2) is 36.4 Å². The van der Waals surface area contributed by atoms with Crippen molar-refractivity contribution in [1.29, 1.82) is 5.26 Å². The van der Waals surface area contributed by atoms with Gasteiger partial charge in [0.25, 0.3) is 0 Å². The van der Waals surface area contributed by atoms with E-state index in [1.165, 1.54) is 21.9 Å². The van der Waals surface area contributed by atoms with Crippen LogP contribution in [0.3, 0.4) is 0 Å². The fourth-order valence-electron chi connectivity index (χ4n) is 3.00. The van der Waals surface area contributed by atoms with Gasteiger partial charge in [-0.25, -0.2) is 0 Å². The van der Waals surface area contributed by atoms with Crippen molar-refractivity contribution in [3.05, 3.63) is 47.5 Å². The lowest BCUT2D eigenvalue weighted by Gasteiger charge is -2.13. The highest BCUT2D eigenvalue weighted by Crippen LogP contribution is 2.64. The normalized spacial score (nSPS) is 24.8. The van der Waals surface area contributed by atoms with E-state index in [0.717, 1.165) is 6.42 Å². The summed E-state index contributed by atoms with van der Waals surface area (Å²) in [5.41, 5.74) is 2.29. The van der Waals surface area contributed by atoms with Crippen molar-refractivity contribution in [2.75, 3.05) is 0 Å². The van der Waals surface area contributed by atoms with Crippen LogP contribution in [-0.4, -0.2) is 0 Å². The van der Waals surface area contributed by atoms with Gasteiger partial charge >= 0.3 is 0 Å². The largest absolute Gasteiger partial charge is 0.197 e. The van der Waals surface area contributed by atoms with Crippen LogP contribution in [0.4, 0.5) is 0 Å². The Balaban J connectivity index is 2.16. The fraction of sp³-hybridized carbons (Fsp3) is 0.353. The molecule has 18 heavy (non-hydrogen) atoms. The highest BCUT2D eigenvalue weighted by atomic mass is 14.6. The van der Waals surface area contributed by atoms with E-state index in [-0.39, 0.29) is 10.8 Å². The Bertz CT molecular complexity index is 676. The monoisotopic (exact) mass is 235 g/mol. The van der Waals surface area contributed by atoms with Crippen molar-refractivity contribution in [1.82, 2.24) is 0 Å². The minimum absolute atomic E-state index is 0.111. The molecule has 3 rings (SSSR count). The molecule has 1 unspecified atom stereocenters. The number of benzene rings is 2. The number of aryl methyl sites for hydroxylation is 1. The molecule has 1 heteroatoms. The van der Waals surface area contributed by atoms with E-state index in [0.29, 0.717) is 0 Å². The number of rotatable bonds is 1. The minimum atomic E-state index is -0.272. The smallest absolute Gasteiger partial charge is 0.0879 e. The second-order valence-electron chi connectivity index (χ2n) is 6.14. The highest BCUT2D eigenvalue weighted by molar-refractivity contribution is 5.84. The van der Waals surface area contributed by atoms with E-state index in [9.17, 15) is 5.26 Å². The summed E-state index contributed by atoms with van der Waals surface area (Å²) in [7, 11) is 0. The van der Waals surface area contributed by atoms with Gasteiger partial charge in [0, 0.05) is 0 Å². The zero-order chi connectivity index (χ0) is 13.0. The van der Waals surface area contributed by atoms with Crippen LogP contribution < -0.4 is 0 Å². The molecule has 0 amide bonds. The van der Waals surface area contributed by atoms with E-state index in [4.69, 9.17) is 0 Å². The zero-order valence-electron chi connectivity index (χ0n) is 11.1. The second kappa shape index (κ2) is 3.36. The molecule has 0 aromatic heterocycles. The molecule has 1 aliphatic rings. The van der Waals surface area contributed by atoms with E-state index < -0.39 is 0 Å². The average molecular weight is 235 g/mol. The molecule has 0 aliphatic heterocycles. The third kappa shape index (κ3) is 1.39. The van der Waals surface area contributed by atoms with Crippen molar-refractivity contribution in [3.8, 4) is 6.07 Å². The van der Waals surface area contributed by atoms with Gasteiger partial charge < -0.3 is 0 Å². The molecule has 1 saturated carbocycles. The van der Waals surface area contributed by atoms with Gasteiger partial charge in [-0.15, -0.1) is 0 Å². The van der Waals surface area contributed by atoms with Gasteiger partial charge in [0.15, 0.2) is 0 Å². The highest BCUT2D eigenvalue weighted by Gasteiger charge is 2.63. The number of fused-ring (bicyclic) bond motifs is 1. The first-order valence-electron chi connectivity index (χ1n) is 6.41. The van der Waals surface area contributed by atoms with Crippen molar-refractivity contribution in [3.63, 3.8) is 0 Å². The van der Waals surface area contributed by atoms with Crippen molar-refractivity contribution in [2.24, 2.45) is 5.41 Å². The topological polar surface area (TPSA) is 23.8 Å². The minimum Gasteiger partial charge on any atom is -0.197 e. The first-order chi connectivity index (χ1) is 8.48. The quantitative estimate of drug-likeness (QED) is 0.721.